The van der Waals surface area contributed by atoms with Crippen molar-refractivity contribution in [3.8, 4) is 0 Å². The third kappa shape index (κ3) is 2.73. The van der Waals surface area contributed by atoms with E-state index in [1.165, 1.54) is 0 Å². The van der Waals surface area contributed by atoms with Gasteiger partial charge >= 0.3 is 0 Å². The highest BCUT2D eigenvalue weighted by Crippen LogP contribution is 2.42. The maximum atomic E-state index is 13.1. The molecule has 1 fully saturated rings. The van der Waals surface area contributed by atoms with E-state index in [1.54, 1.807) is 0 Å². The fourth-order valence-electron chi connectivity index (χ4n) is 2.94. The van der Waals surface area contributed by atoms with Gasteiger partial charge in [0, 0.05) is 17.5 Å². The van der Waals surface area contributed by atoms with Gasteiger partial charge in [0.2, 0.25) is 6.43 Å². The molecule has 1 aliphatic heterocycles. The lowest BCUT2D eigenvalue weighted by Crippen LogP contribution is -2.52. The zero-order valence-electron chi connectivity index (χ0n) is 11.3. The molecule has 1 aliphatic rings. The van der Waals surface area contributed by atoms with Crippen LogP contribution in [0.3, 0.4) is 0 Å². The highest BCUT2D eigenvalue weighted by Gasteiger charge is 2.48. The number of hydrogen-bond acceptors (Lipinski definition) is 1. The second kappa shape index (κ2) is 4.25. The van der Waals surface area contributed by atoms with Crippen LogP contribution in [0.2, 0.25) is 0 Å². The van der Waals surface area contributed by atoms with Crippen LogP contribution in [0.25, 0.3) is 0 Å². The maximum Gasteiger partial charge on any atom is 0.243 e. The molecule has 96 valence electrons. The Kier molecular flexibility index (Phi) is 3.68. The molecule has 2 unspecified atom stereocenters. The van der Waals surface area contributed by atoms with E-state index in [1.807, 2.05) is 0 Å². The summed E-state index contributed by atoms with van der Waals surface area (Å²) in [7, 11) is 0. The van der Waals surface area contributed by atoms with Crippen LogP contribution in [0.15, 0.2) is 0 Å². The molecular formula is C13H25F2N. The van der Waals surface area contributed by atoms with Gasteiger partial charge in [-0.3, -0.25) is 4.90 Å². The van der Waals surface area contributed by atoms with Crippen molar-refractivity contribution in [2.45, 2.75) is 66.0 Å². The molecule has 3 heteroatoms. The molecule has 1 heterocycles. The molecule has 0 aliphatic carbocycles. The third-order valence-corrected chi connectivity index (χ3v) is 3.52. The van der Waals surface area contributed by atoms with Crippen LogP contribution in [-0.2, 0) is 0 Å². The van der Waals surface area contributed by atoms with Crippen LogP contribution in [0.5, 0.6) is 0 Å². The van der Waals surface area contributed by atoms with E-state index in [9.17, 15) is 8.78 Å². The standard InChI is InChI=1S/C13H25F2N/c1-12(2,3)10-9(11(14)15)7-8-16(10)13(4,5)6/h9-11H,7-8H2,1-6H3. The Bertz CT molecular complexity index is 237. The molecule has 1 nitrogen and oxygen atoms in total. The van der Waals surface area contributed by atoms with Crippen LogP contribution >= 0.6 is 0 Å². The van der Waals surface area contributed by atoms with Gasteiger partial charge in [0.15, 0.2) is 0 Å². The van der Waals surface area contributed by atoms with Crippen molar-refractivity contribution in [3.63, 3.8) is 0 Å². The molecular weight excluding hydrogens is 208 g/mol. The lowest BCUT2D eigenvalue weighted by atomic mass is 9.78. The highest BCUT2D eigenvalue weighted by molar-refractivity contribution is 4.99. The predicted molar refractivity (Wildman–Crippen MR) is 63.8 cm³/mol. The number of rotatable bonds is 1. The third-order valence-electron chi connectivity index (χ3n) is 3.52. The Labute approximate surface area is 98.2 Å². The maximum absolute atomic E-state index is 13.1. The van der Waals surface area contributed by atoms with Gasteiger partial charge < -0.3 is 0 Å². The molecule has 0 aromatic rings. The van der Waals surface area contributed by atoms with Gasteiger partial charge in [-0.25, -0.2) is 8.78 Å². The number of alkyl halides is 2. The molecule has 0 bridgehead atoms. The van der Waals surface area contributed by atoms with Crippen molar-refractivity contribution >= 4 is 0 Å². The number of nitrogens with zero attached hydrogens (tertiary/aromatic N) is 1. The van der Waals surface area contributed by atoms with Gasteiger partial charge in [-0.05, 0) is 39.2 Å². The smallest absolute Gasteiger partial charge is 0.243 e. The second-order valence-electron chi connectivity index (χ2n) is 6.96. The van der Waals surface area contributed by atoms with Gasteiger partial charge in [-0.2, -0.15) is 0 Å². The summed E-state index contributed by atoms with van der Waals surface area (Å²) in [5, 5.41) is 0. The number of hydrogen-bond donors (Lipinski definition) is 0. The van der Waals surface area contributed by atoms with Crippen LogP contribution < -0.4 is 0 Å². The predicted octanol–water partition coefficient (Wildman–Crippen LogP) is 3.79. The van der Waals surface area contributed by atoms with Crippen molar-refractivity contribution in [1.82, 2.24) is 4.90 Å². The van der Waals surface area contributed by atoms with Crippen LogP contribution in [0, 0.1) is 11.3 Å². The first-order valence-electron chi connectivity index (χ1n) is 6.10. The first-order valence-corrected chi connectivity index (χ1v) is 6.10. The van der Waals surface area contributed by atoms with Crippen molar-refractivity contribution in [1.29, 1.82) is 0 Å². The van der Waals surface area contributed by atoms with Crippen LogP contribution in [0.1, 0.15) is 48.0 Å². The topological polar surface area (TPSA) is 3.24 Å². The molecule has 2 atom stereocenters. The Morgan fingerprint density at radius 1 is 1.06 bits per heavy atom. The first-order chi connectivity index (χ1) is 7.05. The largest absolute Gasteiger partial charge is 0.295 e. The summed E-state index contributed by atoms with van der Waals surface area (Å²) in [6, 6.07) is -0.0208. The Hall–Kier alpha value is -0.180. The molecule has 0 radical (unpaired) electrons. The summed E-state index contributed by atoms with van der Waals surface area (Å²) < 4.78 is 26.1. The van der Waals surface area contributed by atoms with E-state index in [2.05, 4.69) is 46.4 Å². The van der Waals surface area contributed by atoms with Gasteiger partial charge in [0.25, 0.3) is 0 Å². The summed E-state index contributed by atoms with van der Waals surface area (Å²) >= 11 is 0. The van der Waals surface area contributed by atoms with E-state index >= 15 is 0 Å². The van der Waals surface area contributed by atoms with Crippen molar-refractivity contribution < 1.29 is 8.78 Å². The quantitative estimate of drug-likeness (QED) is 0.666. The molecule has 0 saturated carbocycles. The van der Waals surface area contributed by atoms with Crippen molar-refractivity contribution in [2.75, 3.05) is 6.54 Å². The van der Waals surface area contributed by atoms with Gasteiger partial charge in [0.05, 0.1) is 0 Å². The normalized spacial score (nSPS) is 29.1. The molecule has 0 spiro atoms. The highest BCUT2D eigenvalue weighted by atomic mass is 19.3. The lowest BCUT2D eigenvalue weighted by Gasteiger charge is -2.45. The van der Waals surface area contributed by atoms with E-state index in [-0.39, 0.29) is 17.0 Å². The second-order valence-corrected chi connectivity index (χ2v) is 6.96. The monoisotopic (exact) mass is 233 g/mol. The molecule has 0 aromatic carbocycles. The Morgan fingerprint density at radius 3 is 1.88 bits per heavy atom. The fraction of sp³-hybridized carbons (Fsp3) is 1.00. The molecule has 1 saturated heterocycles. The Morgan fingerprint density at radius 2 is 1.56 bits per heavy atom. The summed E-state index contributed by atoms with van der Waals surface area (Å²) in [5.41, 5.74) is -0.119. The minimum absolute atomic E-state index is 0.0208. The van der Waals surface area contributed by atoms with Gasteiger partial charge in [-0.15, -0.1) is 0 Å². The summed E-state index contributed by atoms with van der Waals surface area (Å²) in [4.78, 5) is 2.25. The fourth-order valence-corrected chi connectivity index (χ4v) is 2.94. The van der Waals surface area contributed by atoms with Crippen LogP contribution in [-0.4, -0.2) is 29.5 Å². The minimum atomic E-state index is -2.20. The summed E-state index contributed by atoms with van der Waals surface area (Å²) in [5.74, 6) is -0.473. The molecule has 0 aromatic heterocycles. The minimum Gasteiger partial charge on any atom is -0.295 e. The zero-order chi connectivity index (χ0) is 12.7. The van der Waals surface area contributed by atoms with Crippen molar-refractivity contribution in [2.24, 2.45) is 11.3 Å². The molecule has 1 rings (SSSR count). The molecule has 16 heavy (non-hydrogen) atoms. The zero-order valence-corrected chi connectivity index (χ0v) is 11.3. The van der Waals surface area contributed by atoms with E-state index in [0.717, 1.165) is 6.54 Å². The molecule has 0 N–H and O–H groups in total. The lowest BCUT2D eigenvalue weighted by molar-refractivity contribution is -0.0132. The van der Waals surface area contributed by atoms with E-state index in [4.69, 9.17) is 0 Å². The van der Waals surface area contributed by atoms with Crippen LogP contribution in [0.4, 0.5) is 8.78 Å². The van der Waals surface area contributed by atoms with Gasteiger partial charge in [-0.1, -0.05) is 20.8 Å². The average Bonchev–Trinajstić information content (AvgIpc) is 2.43. The van der Waals surface area contributed by atoms with Gasteiger partial charge in [0.1, 0.15) is 0 Å². The SMILES string of the molecule is CC(C)(C)C1C(C(F)F)CCN1C(C)(C)C. The number of likely N-dealkylation sites (tertiary alicyclic amines) is 1. The van der Waals surface area contributed by atoms with E-state index < -0.39 is 12.3 Å². The summed E-state index contributed by atoms with van der Waals surface area (Å²) in [6.07, 6.45) is -1.58. The van der Waals surface area contributed by atoms with E-state index in [0.29, 0.717) is 6.42 Å². The average molecular weight is 233 g/mol. The number of halogens is 2. The Balaban J connectivity index is 2.98. The van der Waals surface area contributed by atoms with Crippen molar-refractivity contribution in [3.05, 3.63) is 0 Å². The summed E-state index contributed by atoms with van der Waals surface area (Å²) in [6.45, 7) is 13.3. The molecule has 0 amide bonds. The first kappa shape index (κ1) is 13.9.